The van der Waals surface area contributed by atoms with Crippen molar-refractivity contribution in [2.75, 3.05) is 0 Å². The summed E-state index contributed by atoms with van der Waals surface area (Å²) >= 11 is 0. The van der Waals surface area contributed by atoms with Crippen molar-refractivity contribution in [3.8, 4) is 0 Å². The van der Waals surface area contributed by atoms with Gasteiger partial charge < -0.3 is 9.47 Å². The van der Waals surface area contributed by atoms with E-state index in [1.807, 2.05) is 24.8 Å². The van der Waals surface area contributed by atoms with E-state index in [0.29, 0.717) is 0 Å². The Kier molecular flexibility index (Phi) is 4.54. The van der Waals surface area contributed by atoms with Crippen molar-refractivity contribution in [2.45, 2.75) is 47.1 Å². The number of allylic oxidation sites excluding steroid dienone is 2. The lowest BCUT2D eigenvalue weighted by atomic mass is 10.2. The third kappa shape index (κ3) is 2.84. The van der Waals surface area contributed by atoms with Gasteiger partial charge in [0, 0.05) is 22.8 Å². The van der Waals surface area contributed by atoms with Gasteiger partial charge in [0.2, 0.25) is 0 Å². The van der Waals surface area contributed by atoms with Crippen molar-refractivity contribution >= 4 is 17.4 Å². The number of carbonyl (C=O) groups excluding carboxylic acids is 1. The first kappa shape index (κ1) is 16.1. The summed E-state index contributed by atoms with van der Waals surface area (Å²) in [4.78, 5) is 13.7. The second kappa shape index (κ2) is 6.22. The second-order valence-corrected chi connectivity index (χ2v) is 5.61. The summed E-state index contributed by atoms with van der Waals surface area (Å²) in [6, 6.07) is 3.89. The highest BCUT2D eigenvalue weighted by molar-refractivity contribution is 5.94. The zero-order valence-corrected chi connectivity index (χ0v) is 14.0. The van der Waals surface area contributed by atoms with Gasteiger partial charge in [0.25, 0.3) is 5.91 Å². The maximum atomic E-state index is 11.8. The molecule has 1 aromatic rings. The van der Waals surface area contributed by atoms with Gasteiger partial charge in [-0.1, -0.05) is 13.5 Å². The fourth-order valence-corrected chi connectivity index (χ4v) is 2.85. The lowest BCUT2D eigenvalue weighted by Crippen LogP contribution is -2.50. The quantitative estimate of drug-likeness (QED) is 0.869. The molecule has 5 heteroatoms. The third-order valence-electron chi connectivity index (χ3n) is 4.01. The van der Waals surface area contributed by atoms with Crippen LogP contribution in [0.1, 0.15) is 38.6 Å². The number of hydrogen-bond donors (Lipinski definition) is 1. The summed E-state index contributed by atoms with van der Waals surface area (Å²) in [5.74, 6) is 0.622. The lowest BCUT2D eigenvalue weighted by Gasteiger charge is -2.33. The molecule has 1 N–H and O–H groups in total. The van der Waals surface area contributed by atoms with E-state index in [2.05, 4.69) is 54.6 Å². The monoisotopic (exact) mass is 300 g/mol. The Morgan fingerprint density at radius 3 is 2.50 bits per heavy atom. The summed E-state index contributed by atoms with van der Waals surface area (Å²) in [6.07, 6.45) is 2.91. The van der Waals surface area contributed by atoms with Crippen molar-refractivity contribution in [1.29, 1.82) is 0 Å². The van der Waals surface area contributed by atoms with Crippen LogP contribution >= 0.6 is 0 Å². The van der Waals surface area contributed by atoms with E-state index >= 15 is 0 Å². The standard InChI is InChI=1S/C17H24N4O/c1-7-16(20-11(2)8-9-12(20)3)10-13(4)21-14(5)17(22)19-18-15(21)6/h8-10,14H,4,7H2,1-3,5-6H3,(H,19,22)/b16-10+. The van der Waals surface area contributed by atoms with Gasteiger partial charge in [-0.2, -0.15) is 5.10 Å². The normalized spacial score (nSPS) is 19.0. The minimum atomic E-state index is -0.314. The van der Waals surface area contributed by atoms with Crippen molar-refractivity contribution in [3.05, 3.63) is 41.9 Å². The fraction of sp³-hybridized carbons (Fsp3) is 0.412. The SMILES string of the molecule is C=C(/C=C(\CC)n1c(C)ccc1C)N1C(C)=NNC(=O)C1C. The summed E-state index contributed by atoms with van der Waals surface area (Å²) in [7, 11) is 0. The number of rotatable bonds is 4. The van der Waals surface area contributed by atoms with Crippen LogP contribution in [0, 0.1) is 13.8 Å². The van der Waals surface area contributed by atoms with Crippen LogP contribution in [0.5, 0.6) is 0 Å². The van der Waals surface area contributed by atoms with Crippen LogP contribution in [0.3, 0.4) is 0 Å². The molecule has 0 spiro atoms. The largest absolute Gasteiger partial charge is 0.322 e. The molecule has 2 rings (SSSR count). The molecule has 22 heavy (non-hydrogen) atoms. The number of aromatic nitrogens is 1. The first-order valence-electron chi connectivity index (χ1n) is 7.55. The molecule has 1 unspecified atom stereocenters. The van der Waals surface area contributed by atoms with Gasteiger partial charge in [0.05, 0.1) is 0 Å². The van der Waals surface area contributed by atoms with Gasteiger partial charge >= 0.3 is 0 Å². The highest BCUT2D eigenvalue weighted by atomic mass is 16.2. The Hall–Kier alpha value is -2.30. The Balaban J connectivity index is 2.38. The maximum Gasteiger partial charge on any atom is 0.262 e. The Morgan fingerprint density at radius 1 is 1.36 bits per heavy atom. The molecule has 1 aromatic heterocycles. The van der Waals surface area contributed by atoms with E-state index in [1.165, 1.54) is 11.4 Å². The molecular weight excluding hydrogens is 276 g/mol. The molecule has 0 aliphatic carbocycles. The van der Waals surface area contributed by atoms with Gasteiger partial charge in [-0.25, -0.2) is 5.43 Å². The van der Waals surface area contributed by atoms with E-state index < -0.39 is 0 Å². The molecule has 2 heterocycles. The topological polar surface area (TPSA) is 49.6 Å². The first-order valence-corrected chi connectivity index (χ1v) is 7.55. The average molecular weight is 300 g/mol. The van der Waals surface area contributed by atoms with Crippen LogP contribution in [0.4, 0.5) is 0 Å². The highest BCUT2D eigenvalue weighted by Crippen LogP contribution is 2.22. The molecule has 118 valence electrons. The van der Waals surface area contributed by atoms with Gasteiger partial charge in [-0.15, -0.1) is 0 Å². The number of nitrogens with one attached hydrogen (secondary N) is 1. The summed E-state index contributed by atoms with van der Waals surface area (Å²) < 4.78 is 2.21. The van der Waals surface area contributed by atoms with Gasteiger partial charge in [0.15, 0.2) is 0 Å². The molecule has 0 fully saturated rings. The van der Waals surface area contributed by atoms with Gasteiger partial charge in [0.1, 0.15) is 11.9 Å². The van der Waals surface area contributed by atoms with Crippen LogP contribution in [0.25, 0.3) is 5.70 Å². The van der Waals surface area contributed by atoms with Crippen molar-refractivity contribution in [3.63, 3.8) is 0 Å². The van der Waals surface area contributed by atoms with Crippen LogP contribution in [0.2, 0.25) is 0 Å². The van der Waals surface area contributed by atoms with E-state index in [1.54, 1.807) is 0 Å². The predicted octanol–water partition coefficient (Wildman–Crippen LogP) is 3.02. The number of amides is 1. The minimum Gasteiger partial charge on any atom is -0.322 e. The van der Waals surface area contributed by atoms with Crippen molar-refractivity contribution in [1.82, 2.24) is 14.9 Å². The lowest BCUT2D eigenvalue weighted by molar-refractivity contribution is -0.124. The van der Waals surface area contributed by atoms with Crippen LogP contribution in [0.15, 0.2) is 35.6 Å². The molecule has 0 radical (unpaired) electrons. The van der Waals surface area contributed by atoms with Crippen LogP contribution < -0.4 is 5.43 Å². The molecule has 0 aromatic carbocycles. The number of amidine groups is 1. The predicted molar refractivity (Wildman–Crippen MR) is 90.2 cm³/mol. The Morgan fingerprint density at radius 2 is 1.95 bits per heavy atom. The molecular formula is C17H24N4O. The summed E-state index contributed by atoms with van der Waals surface area (Å²) in [6.45, 7) is 14.2. The maximum absolute atomic E-state index is 11.8. The molecule has 1 atom stereocenters. The van der Waals surface area contributed by atoms with Crippen LogP contribution in [-0.4, -0.2) is 27.3 Å². The number of aryl methyl sites for hydroxylation is 2. The van der Waals surface area contributed by atoms with Gasteiger partial charge in [-0.3, -0.25) is 4.79 Å². The van der Waals surface area contributed by atoms with E-state index in [0.717, 1.165) is 23.7 Å². The Bertz CT molecular complexity index is 647. The fourth-order valence-electron chi connectivity index (χ4n) is 2.85. The molecule has 0 bridgehead atoms. The molecule has 0 saturated heterocycles. The summed E-state index contributed by atoms with van der Waals surface area (Å²) in [5, 5.41) is 4.04. The molecule has 1 aliphatic rings. The van der Waals surface area contributed by atoms with Crippen LogP contribution in [-0.2, 0) is 4.79 Å². The smallest absolute Gasteiger partial charge is 0.262 e. The molecule has 5 nitrogen and oxygen atoms in total. The molecule has 1 aliphatic heterocycles. The number of carbonyl (C=O) groups is 1. The van der Waals surface area contributed by atoms with Gasteiger partial charge in [-0.05, 0) is 52.3 Å². The van der Waals surface area contributed by atoms with Crippen molar-refractivity contribution in [2.24, 2.45) is 5.10 Å². The summed E-state index contributed by atoms with van der Waals surface area (Å²) in [5.41, 5.74) is 6.82. The minimum absolute atomic E-state index is 0.119. The first-order chi connectivity index (χ1) is 10.4. The molecule has 1 amide bonds. The van der Waals surface area contributed by atoms with E-state index in [4.69, 9.17) is 0 Å². The number of hydrazone groups is 1. The third-order valence-corrected chi connectivity index (χ3v) is 4.01. The number of nitrogens with zero attached hydrogens (tertiary/aromatic N) is 3. The molecule has 0 saturated carbocycles. The van der Waals surface area contributed by atoms with E-state index in [-0.39, 0.29) is 11.9 Å². The number of hydrogen-bond acceptors (Lipinski definition) is 3. The Labute approximate surface area is 132 Å². The zero-order valence-electron chi connectivity index (χ0n) is 14.0. The van der Waals surface area contributed by atoms with Crippen molar-refractivity contribution < 1.29 is 4.79 Å². The zero-order chi connectivity index (χ0) is 16.4. The average Bonchev–Trinajstić information content (AvgIpc) is 2.80. The highest BCUT2D eigenvalue weighted by Gasteiger charge is 2.27. The van der Waals surface area contributed by atoms with E-state index in [9.17, 15) is 4.79 Å². The second-order valence-electron chi connectivity index (χ2n) is 5.61.